The summed E-state index contributed by atoms with van der Waals surface area (Å²) in [6.07, 6.45) is -16.7. The third-order valence-electron chi connectivity index (χ3n) is 6.45. The largest absolute Gasteiger partial charge is 0.450 e. The van der Waals surface area contributed by atoms with E-state index in [1.165, 1.54) is 18.2 Å². The number of nitrogens with zero attached hydrogens (tertiary/aromatic N) is 5. The van der Waals surface area contributed by atoms with Gasteiger partial charge in [-0.05, 0) is 37.5 Å². The quantitative estimate of drug-likeness (QED) is 0.211. The van der Waals surface area contributed by atoms with Gasteiger partial charge in [0.05, 0.1) is 16.8 Å². The maximum absolute atomic E-state index is 14.2. The van der Waals surface area contributed by atoms with Crippen molar-refractivity contribution in [2.45, 2.75) is 49.3 Å². The van der Waals surface area contributed by atoms with Gasteiger partial charge in [-0.3, -0.25) is 4.79 Å². The second kappa shape index (κ2) is 10.8. The number of carbonyl (C=O) groups is 1. The Kier molecular flexibility index (Phi) is 8.19. The van der Waals surface area contributed by atoms with Gasteiger partial charge in [0.25, 0.3) is 11.8 Å². The van der Waals surface area contributed by atoms with Crippen molar-refractivity contribution in [1.29, 1.82) is 0 Å². The van der Waals surface area contributed by atoms with Gasteiger partial charge in [-0.15, -0.1) is 5.10 Å². The molecule has 1 saturated carbocycles. The van der Waals surface area contributed by atoms with E-state index in [0.717, 1.165) is 25.2 Å². The zero-order chi connectivity index (χ0) is 33.2. The van der Waals surface area contributed by atoms with E-state index in [1.807, 2.05) is 0 Å². The van der Waals surface area contributed by atoms with E-state index in [0.29, 0.717) is 18.3 Å². The van der Waals surface area contributed by atoms with Gasteiger partial charge in [0.2, 0.25) is 0 Å². The van der Waals surface area contributed by atoms with E-state index in [4.69, 9.17) is 11.6 Å². The number of hydrogen-bond acceptors (Lipinski definition) is 6. The lowest BCUT2D eigenvalue weighted by molar-refractivity contribution is -0.307. The predicted octanol–water partition coefficient (Wildman–Crippen LogP) is 6.07. The van der Waals surface area contributed by atoms with Crippen molar-refractivity contribution >= 4 is 27.6 Å². The van der Waals surface area contributed by atoms with Crippen LogP contribution < -0.4 is 4.18 Å². The van der Waals surface area contributed by atoms with Crippen LogP contribution in [0.15, 0.2) is 30.6 Å². The number of aromatic nitrogens is 4. The molecule has 21 heteroatoms. The summed E-state index contributed by atoms with van der Waals surface area (Å²) in [5.74, 6) is -3.97. The number of amides is 1. The highest BCUT2D eigenvalue weighted by Gasteiger charge is 2.82. The fourth-order valence-electron chi connectivity index (χ4n) is 4.23. The normalized spacial score (nSPS) is 15.0. The third kappa shape index (κ3) is 5.68. The van der Waals surface area contributed by atoms with Gasteiger partial charge in [-0.25, -0.2) is 13.8 Å². The number of alkyl halides is 10. The van der Waals surface area contributed by atoms with Crippen molar-refractivity contribution in [3.05, 3.63) is 46.7 Å². The third-order valence-corrected chi connectivity index (χ3v) is 8.31. The van der Waals surface area contributed by atoms with Crippen molar-refractivity contribution in [3.8, 4) is 22.8 Å². The monoisotopic (exact) mass is 685 g/mol. The second-order valence-electron chi connectivity index (χ2n) is 9.44. The standard InChI is InChI=1S/C23H18ClF10N5O4S/c1-3-38(13-5-6-13)19(40)14-8-11(4-7-15(14)24)12-9-35-39(10-12)18-16(20(25,26)27)17(36-37(18)2)43-44(41,42)21(28,22(29,30)31)23(32,33)34/h4,7-10,13H,3,5-6H2,1-2H3. The van der Waals surface area contributed by atoms with Crippen LogP contribution in [-0.4, -0.2) is 68.7 Å². The van der Waals surface area contributed by atoms with Gasteiger partial charge in [0.1, 0.15) is 0 Å². The van der Waals surface area contributed by atoms with Crippen molar-refractivity contribution in [1.82, 2.24) is 24.5 Å². The van der Waals surface area contributed by atoms with E-state index in [2.05, 4.69) is 14.4 Å². The predicted molar refractivity (Wildman–Crippen MR) is 131 cm³/mol. The Bertz CT molecular complexity index is 1680. The summed E-state index contributed by atoms with van der Waals surface area (Å²) in [5.41, 5.74) is -1.97. The van der Waals surface area contributed by atoms with Crippen LogP contribution in [0.1, 0.15) is 35.7 Å². The molecule has 0 spiro atoms. The molecule has 0 N–H and O–H groups in total. The topological polar surface area (TPSA) is 99.3 Å². The van der Waals surface area contributed by atoms with E-state index in [-0.39, 0.29) is 32.4 Å². The zero-order valence-electron chi connectivity index (χ0n) is 22.0. The van der Waals surface area contributed by atoms with Crippen LogP contribution in [0, 0.1) is 0 Å². The molecular formula is C23H18ClF10N5O4S. The van der Waals surface area contributed by atoms with Crippen LogP contribution >= 0.6 is 11.6 Å². The van der Waals surface area contributed by atoms with Crippen LogP contribution in [0.2, 0.25) is 5.02 Å². The highest BCUT2D eigenvalue weighted by Crippen LogP contribution is 2.51. The average Bonchev–Trinajstić information content (AvgIpc) is 3.49. The minimum absolute atomic E-state index is 0.0238. The number of hydrogen-bond donors (Lipinski definition) is 0. The minimum atomic E-state index is -7.60. The van der Waals surface area contributed by atoms with Gasteiger partial charge in [0.15, 0.2) is 11.4 Å². The molecule has 0 radical (unpaired) electrons. The summed E-state index contributed by atoms with van der Waals surface area (Å²) in [5, 5.41) is -0.364. The Morgan fingerprint density at radius 3 is 2.14 bits per heavy atom. The molecule has 1 aromatic carbocycles. The van der Waals surface area contributed by atoms with E-state index in [1.54, 1.807) is 11.8 Å². The number of benzene rings is 1. The van der Waals surface area contributed by atoms with Crippen LogP contribution in [0.4, 0.5) is 43.9 Å². The Labute approximate surface area is 246 Å². The van der Waals surface area contributed by atoms with Crippen LogP contribution in [0.25, 0.3) is 16.9 Å². The Hall–Kier alpha value is -3.55. The molecule has 0 bridgehead atoms. The molecule has 4 rings (SSSR count). The molecule has 2 aromatic heterocycles. The molecule has 2 heterocycles. The summed E-state index contributed by atoms with van der Waals surface area (Å²) in [6, 6.07) is 4.09. The molecule has 44 heavy (non-hydrogen) atoms. The summed E-state index contributed by atoms with van der Waals surface area (Å²) < 4.78 is 162. The zero-order valence-corrected chi connectivity index (χ0v) is 23.6. The molecule has 9 nitrogen and oxygen atoms in total. The molecule has 1 aliphatic carbocycles. The molecule has 1 amide bonds. The van der Waals surface area contributed by atoms with Crippen molar-refractivity contribution < 1.29 is 61.3 Å². The van der Waals surface area contributed by atoms with Crippen LogP contribution in [0.3, 0.4) is 0 Å². The summed E-state index contributed by atoms with van der Waals surface area (Å²) in [7, 11) is -6.89. The number of carbonyl (C=O) groups excluding carboxylic acids is 1. The lowest BCUT2D eigenvalue weighted by Gasteiger charge is -2.28. The Morgan fingerprint density at radius 2 is 1.64 bits per heavy atom. The van der Waals surface area contributed by atoms with E-state index >= 15 is 0 Å². The lowest BCUT2D eigenvalue weighted by atomic mass is 10.1. The number of aryl methyl sites for hydroxylation is 1. The van der Waals surface area contributed by atoms with Crippen molar-refractivity contribution in [2.24, 2.45) is 7.05 Å². The molecule has 0 saturated heterocycles. The first-order valence-corrected chi connectivity index (χ1v) is 13.9. The maximum atomic E-state index is 14.2. The SMILES string of the molecule is CCN(C(=O)c1cc(-c2cnn(-c3c(C(F)(F)F)c(OS(=O)(=O)C(F)(C(F)(F)F)C(F)(F)F)nn3C)c2)ccc1Cl)C1CC1. The summed E-state index contributed by atoms with van der Waals surface area (Å²) in [4.78, 5) is 14.6. The number of halogens is 11. The second-order valence-corrected chi connectivity index (χ2v) is 11.5. The molecule has 0 atom stereocenters. The first kappa shape index (κ1) is 33.3. The average molecular weight is 686 g/mol. The Balaban J connectivity index is 1.78. The van der Waals surface area contributed by atoms with Crippen molar-refractivity contribution in [3.63, 3.8) is 0 Å². The molecule has 242 valence electrons. The van der Waals surface area contributed by atoms with Gasteiger partial charge in [0, 0.05) is 31.4 Å². The molecule has 1 fully saturated rings. The van der Waals surface area contributed by atoms with Crippen LogP contribution in [0.5, 0.6) is 5.88 Å². The molecular weight excluding hydrogens is 668 g/mol. The first-order valence-electron chi connectivity index (χ1n) is 12.1. The molecule has 3 aromatic rings. The van der Waals surface area contributed by atoms with E-state index in [9.17, 15) is 57.1 Å². The van der Waals surface area contributed by atoms with Gasteiger partial charge in [-0.1, -0.05) is 17.7 Å². The van der Waals surface area contributed by atoms with E-state index < -0.39 is 56.8 Å². The maximum Gasteiger partial charge on any atom is 0.450 e. The highest BCUT2D eigenvalue weighted by atomic mass is 35.5. The fraction of sp³-hybridized carbons (Fsp3) is 0.435. The molecule has 1 aliphatic rings. The molecule has 0 aliphatic heterocycles. The number of rotatable bonds is 8. The minimum Gasteiger partial charge on any atom is -0.356 e. The van der Waals surface area contributed by atoms with Crippen LogP contribution in [-0.2, 0) is 23.3 Å². The summed E-state index contributed by atoms with van der Waals surface area (Å²) >= 11 is 6.21. The lowest BCUT2D eigenvalue weighted by Crippen LogP contribution is -2.60. The highest BCUT2D eigenvalue weighted by molar-refractivity contribution is 7.88. The smallest absolute Gasteiger partial charge is 0.356 e. The van der Waals surface area contributed by atoms with Gasteiger partial charge >= 0.3 is 33.6 Å². The van der Waals surface area contributed by atoms with Gasteiger partial charge in [-0.2, -0.15) is 53.0 Å². The molecule has 0 unspecified atom stereocenters. The van der Waals surface area contributed by atoms with Gasteiger partial charge < -0.3 is 9.08 Å². The summed E-state index contributed by atoms with van der Waals surface area (Å²) in [6.45, 7) is 2.13. The Morgan fingerprint density at radius 1 is 1.05 bits per heavy atom. The first-order chi connectivity index (χ1) is 20.0. The van der Waals surface area contributed by atoms with Crippen molar-refractivity contribution in [2.75, 3.05) is 6.54 Å². The fourth-order valence-corrected chi connectivity index (χ4v) is 5.44.